The van der Waals surface area contributed by atoms with E-state index in [-0.39, 0.29) is 11.6 Å². The monoisotopic (exact) mass is 455 g/mol. The Morgan fingerprint density at radius 3 is 1.74 bits per heavy atom. The van der Waals surface area contributed by atoms with Crippen molar-refractivity contribution in [3.05, 3.63) is 96.3 Å². The van der Waals surface area contributed by atoms with E-state index in [0.717, 1.165) is 22.6 Å². The van der Waals surface area contributed by atoms with E-state index in [4.69, 9.17) is 0 Å². The molecule has 0 spiro atoms. The zero-order valence-electron chi connectivity index (χ0n) is 18.6. The quantitative estimate of drug-likeness (QED) is 0.258. The van der Waals surface area contributed by atoms with Crippen molar-refractivity contribution in [3.63, 3.8) is 0 Å². The molecule has 0 aliphatic carbocycles. The lowest BCUT2D eigenvalue weighted by atomic mass is 10.2. The molecule has 34 heavy (non-hydrogen) atoms. The maximum Gasteiger partial charge on any atom is 0.231 e. The van der Waals surface area contributed by atoms with E-state index in [1.165, 1.54) is 6.07 Å². The number of nitrogens with zero attached hydrogens (tertiary/aromatic N) is 6. The average molecular weight is 456 g/mol. The molecule has 3 aromatic heterocycles. The van der Waals surface area contributed by atoms with E-state index in [2.05, 4.69) is 46.3 Å². The summed E-state index contributed by atoms with van der Waals surface area (Å²) >= 11 is 0. The number of anilines is 4. The van der Waals surface area contributed by atoms with Crippen LogP contribution in [0.3, 0.4) is 0 Å². The molecule has 0 aliphatic rings. The van der Waals surface area contributed by atoms with Crippen LogP contribution >= 0.6 is 0 Å². The fourth-order valence-electron chi connectivity index (χ4n) is 2.90. The topological polar surface area (TPSA) is 112 Å². The molecule has 0 saturated carbocycles. The second-order valence-electron chi connectivity index (χ2n) is 7.16. The number of nitrogens with one attached hydrogen (secondary N) is 3. The summed E-state index contributed by atoms with van der Waals surface area (Å²) in [7, 11) is 0. The maximum absolute atomic E-state index is 14.2. The van der Waals surface area contributed by atoms with Gasteiger partial charge >= 0.3 is 0 Å². The van der Waals surface area contributed by atoms with Gasteiger partial charge in [0, 0.05) is 42.0 Å². The molecule has 0 unspecified atom stereocenters. The van der Waals surface area contributed by atoms with Crippen LogP contribution in [0.4, 0.5) is 27.7 Å². The van der Waals surface area contributed by atoms with Gasteiger partial charge in [-0.15, -0.1) is 0 Å². The summed E-state index contributed by atoms with van der Waals surface area (Å²) in [4.78, 5) is 16.8. The molecule has 0 amide bonds. The predicted molar refractivity (Wildman–Crippen MR) is 132 cm³/mol. The molecule has 0 fully saturated rings. The third-order valence-electron chi connectivity index (χ3n) is 4.72. The first kappa shape index (κ1) is 22.5. The highest BCUT2D eigenvalue weighted by atomic mass is 19.1. The van der Waals surface area contributed by atoms with Crippen LogP contribution in [-0.4, -0.2) is 31.4 Å². The lowest BCUT2D eigenvalue weighted by Gasteiger charge is -2.11. The van der Waals surface area contributed by atoms with Gasteiger partial charge in [0.1, 0.15) is 5.82 Å². The van der Waals surface area contributed by atoms with Crippen LogP contribution in [0, 0.1) is 5.82 Å². The molecule has 0 aliphatic heterocycles. The molecular formula is C24H22FN9. The van der Waals surface area contributed by atoms with Gasteiger partial charge in [0.15, 0.2) is 11.6 Å². The molecule has 170 valence electrons. The van der Waals surface area contributed by atoms with Crippen molar-refractivity contribution in [2.45, 2.75) is 13.8 Å². The van der Waals surface area contributed by atoms with Crippen molar-refractivity contribution in [3.8, 4) is 0 Å². The standard InChI is InChI=1S/C24H22FN9/c1-16(18-7-11-26-12-8-18)31-33-22-15-23(34-32-17(2)19-9-13-27-14-10-19)30-24(29-22)28-21-6-4-3-5-20(21)25/h3-15H,1-2H3,(H3,28,29,30,33,34)/b31-16-,32-17-. The van der Waals surface area contributed by atoms with Crippen LogP contribution in [0.5, 0.6) is 0 Å². The molecule has 0 bridgehead atoms. The summed E-state index contributed by atoms with van der Waals surface area (Å²) < 4.78 is 14.2. The third-order valence-corrected chi connectivity index (χ3v) is 4.72. The maximum atomic E-state index is 14.2. The lowest BCUT2D eigenvalue weighted by molar-refractivity contribution is 0.631. The Kier molecular flexibility index (Phi) is 7.09. The summed E-state index contributed by atoms with van der Waals surface area (Å²) in [5.41, 5.74) is 9.42. The molecule has 0 saturated heterocycles. The van der Waals surface area contributed by atoms with Crippen molar-refractivity contribution in [1.29, 1.82) is 0 Å². The van der Waals surface area contributed by atoms with Gasteiger partial charge in [-0.3, -0.25) is 20.8 Å². The van der Waals surface area contributed by atoms with Gasteiger partial charge in [-0.2, -0.15) is 20.2 Å². The molecule has 9 nitrogen and oxygen atoms in total. The number of aromatic nitrogens is 4. The molecular weight excluding hydrogens is 433 g/mol. The summed E-state index contributed by atoms with van der Waals surface area (Å²) in [5.74, 6) is 0.534. The molecule has 3 heterocycles. The van der Waals surface area contributed by atoms with Crippen LogP contribution in [0.25, 0.3) is 0 Å². The molecule has 4 rings (SSSR count). The Hall–Kier alpha value is -4.73. The highest BCUT2D eigenvalue weighted by Gasteiger charge is 2.08. The van der Waals surface area contributed by atoms with E-state index < -0.39 is 5.82 Å². The Morgan fingerprint density at radius 2 is 1.24 bits per heavy atom. The predicted octanol–water partition coefficient (Wildman–Crippen LogP) is 4.82. The minimum atomic E-state index is -0.419. The number of hydrogen-bond donors (Lipinski definition) is 3. The minimum Gasteiger partial charge on any atom is -0.322 e. The third kappa shape index (κ3) is 5.94. The smallest absolute Gasteiger partial charge is 0.231 e. The number of pyridine rings is 2. The van der Waals surface area contributed by atoms with Crippen LogP contribution in [0.2, 0.25) is 0 Å². The number of halogens is 1. The van der Waals surface area contributed by atoms with Gasteiger partial charge in [-0.05, 0) is 50.2 Å². The minimum absolute atomic E-state index is 0.172. The fourth-order valence-corrected chi connectivity index (χ4v) is 2.90. The Balaban J connectivity index is 1.61. The zero-order chi connectivity index (χ0) is 23.8. The van der Waals surface area contributed by atoms with E-state index >= 15 is 0 Å². The molecule has 4 aromatic rings. The Morgan fingerprint density at radius 1 is 0.735 bits per heavy atom. The van der Waals surface area contributed by atoms with Gasteiger partial charge in [0.05, 0.1) is 17.1 Å². The van der Waals surface area contributed by atoms with Crippen molar-refractivity contribution in [2.75, 3.05) is 16.2 Å². The van der Waals surface area contributed by atoms with E-state index in [9.17, 15) is 4.39 Å². The van der Waals surface area contributed by atoms with Gasteiger partial charge in [0.25, 0.3) is 0 Å². The summed E-state index contributed by atoms with van der Waals surface area (Å²) in [6.07, 6.45) is 6.78. The average Bonchev–Trinajstić information content (AvgIpc) is 2.88. The first-order valence-electron chi connectivity index (χ1n) is 10.4. The Labute approximate surface area is 195 Å². The van der Waals surface area contributed by atoms with Gasteiger partial charge in [0.2, 0.25) is 5.95 Å². The highest BCUT2D eigenvalue weighted by molar-refractivity contribution is 5.99. The van der Waals surface area contributed by atoms with Crippen LogP contribution in [0.15, 0.2) is 89.6 Å². The number of benzene rings is 1. The van der Waals surface area contributed by atoms with Gasteiger partial charge < -0.3 is 5.32 Å². The van der Waals surface area contributed by atoms with Crippen LogP contribution in [-0.2, 0) is 0 Å². The van der Waals surface area contributed by atoms with E-state index in [1.54, 1.807) is 49.1 Å². The molecule has 0 atom stereocenters. The lowest BCUT2D eigenvalue weighted by Crippen LogP contribution is -2.07. The normalized spacial score (nSPS) is 11.7. The number of rotatable bonds is 8. The fraction of sp³-hybridized carbons (Fsp3) is 0.0833. The van der Waals surface area contributed by atoms with E-state index in [0.29, 0.717) is 11.6 Å². The molecule has 3 N–H and O–H groups in total. The number of para-hydroxylation sites is 1. The zero-order valence-corrected chi connectivity index (χ0v) is 18.6. The van der Waals surface area contributed by atoms with Crippen molar-refractivity contribution in [1.82, 2.24) is 19.9 Å². The summed E-state index contributed by atoms with van der Waals surface area (Å²) in [6.45, 7) is 3.73. The van der Waals surface area contributed by atoms with Crippen LogP contribution < -0.4 is 16.2 Å². The number of hydrogen-bond acceptors (Lipinski definition) is 9. The van der Waals surface area contributed by atoms with Crippen LogP contribution in [0.1, 0.15) is 25.0 Å². The highest BCUT2D eigenvalue weighted by Crippen LogP contribution is 2.21. The SMILES string of the molecule is C/C(=N/Nc1cc(N/N=C(/C)c2ccncc2)nc(Nc2ccccc2F)n1)c1ccncc1. The summed E-state index contributed by atoms with van der Waals surface area (Å²) in [6, 6.07) is 15.4. The molecule has 10 heteroatoms. The second-order valence-corrected chi connectivity index (χ2v) is 7.16. The molecule has 0 radical (unpaired) electrons. The first-order valence-corrected chi connectivity index (χ1v) is 10.4. The molecule has 1 aromatic carbocycles. The second kappa shape index (κ2) is 10.7. The van der Waals surface area contributed by atoms with Gasteiger partial charge in [-0.1, -0.05) is 12.1 Å². The van der Waals surface area contributed by atoms with Crippen molar-refractivity contribution in [2.24, 2.45) is 10.2 Å². The van der Waals surface area contributed by atoms with Crippen molar-refractivity contribution < 1.29 is 4.39 Å². The number of hydrazone groups is 2. The Bertz CT molecular complexity index is 1230. The largest absolute Gasteiger partial charge is 0.322 e. The van der Waals surface area contributed by atoms with E-state index in [1.807, 2.05) is 38.1 Å². The summed E-state index contributed by atoms with van der Waals surface area (Å²) in [5, 5.41) is 11.7. The first-order chi connectivity index (χ1) is 16.6. The van der Waals surface area contributed by atoms with Gasteiger partial charge in [-0.25, -0.2) is 4.39 Å². The van der Waals surface area contributed by atoms with Crippen molar-refractivity contribution >= 4 is 34.7 Å².